The van der Waals surface area contributed by atoms with Gasteiger partial charge in [0, 0.05) is 24.5 Å². The summed E-state index contributed by atoms with van der Waals surface area (Å²) in [6.45, 7) is 7.05. The maximum absolute atomic E-state index is 13.6. The van der Waals surface area contributed by atoms with Crippen LogP contribution in [0.15, 0.2) is 22.7 Å². The quantitative estimate of drug-likeness (QED) is 0.740. The van der Waals surface area contributed by atoms with E-state index in [0.717, 1.165) is 37.1 Å². The van der Waals surface area contributed by atoms with E-state index >= 15 is 0 Å². The molecule has 23 heavy (non-hydrogen) atoms. The Balaban J connectivity index is 1.72. The molecule has 0 radical (unpaired) electrons. The second-order valence-corrected chi connectivity index (χ2v) is 5.86. The number of nitrogens with zero attached hydrogens (tertiary/aromatic N) is 5. The minimum Gasteiger partial charge on any atom is -0.337 e. The molecule has 3 heterocycles. The van der Waals surface area contributed by atoms with Gasteiger partial charge >= 0.3 is 0 Å². The average molecular weight is 315 g/mol. The number of benzene rings is 1. The molecule has 6 nitrogen and oxygen atoms in total. The van der Waals surface area contributed by atoms with Gasteiger partial charge in [-0.1, -0.05) is 13.8 Å². The van der Waals surface area contributed by atoms with Crippen molar-refractivity contribution in [3.05, 3.63) is 35.6 Å². The summed E-state index contributed by atoms with van der Waals surface area (Å²) in [4.78, 5) is 6.78. The molecule has 120 valence electrons. The van der Waals surface area contributed by atoms with Gasteiger partial charge in [-0.15, -0.1) is 0 Å². The number of aryl methyl sites for hydroxylation is 1. The Kier molecular flexibility index (Phi) is 3.37. The largest absolute Gasteiger partial charge is 0.337 e. The first-order valence-electron chi connectivity index (χ1n) is 7.93. The van der Waals surface area contributed by atoms with Crippen LogP contribution in [0.3, 0.4) is 0 Å². The zero-order valence-electron chi connectivity index (χ0n) is 13.2. The molecule has 1 aliphatic rings. The molecule has 1 fully saturated rings. The Morgan fingerprint density at radius 2 is 2.13 bits per heavy atom. The van der Waals surface area contributed by atoms with E-state index in [1.165, 1.54) is 12.1 Å². The number of halogens is 1. The summed E-state index contributed by atoms with van der Waals surface area (Å²) in [5, 5.41) is 9.48. The van der Waals surface area contributed by atoms with Crippen molar-refractivity contribution in [3.8, 4) is 5.95 Å². The molecule has 0 N–H and O–H groups in total. The molecule has 1 aromatic carbocycles. The van der Waals surface area contributed by atoms with Gasteiger partial charge in [0.2, 0.25) is 5.89 Å². The van der Waals surface area contributed by atoms with Crippen molar-refractivity contribution >= 4 is 10.9 Å². The molecule has 0 unspecified atom stereocenters. The molecule has 2 aromatic heterocycles. The van der Waals surface area contributed by atoms with Crippen LogP contribution in [-0.4, -0.2) is 44.5 Å². The summed E-state index contributed by atoms with van der Waals surface area (Å²) in [5.41, 5.74) is 1.56. The highest BCUT2D eigenvalue weighted by Crippen LogP contribution is 2.27. The van der Waals surface area contributed by atoms with Crippen LogP contribution < -0.4 is 0 Å². The molecule has 0 saturated carbocycles. The molecule has 0 spiro atoms. The lowest BCUT2D eigenvalue weighted by atomic mass is 10.0. The third-order valence-corrected chi connectivity index (χ3v) is 4.43. The summed E-state index contributed by atoms with van der Waals surface area (Å²) in [5.74, 6) is 0.969. The van der Waals surface area contributed by atoms with Crippen molar-refractivity contribution in [2.24, 2.45) is 0 Å². The van der Waals surface area contributed by atoms with Gasteiger partial charge in [-0.2, -0.15) is 14.8 Å². The van der Waals surface area contributed by atoms with Crippen molar-refractivity contribution in [1.29, 1.82) is 0 Å². The van der Waals surface area contributed by atoms with E-state index < -0.39 is 0 Å². The molecule has 0 bridgehead atoms. The number of rotatable bonds is 4. The molecule has 4 rings (SSSR count). The molecule has 0 amide bonds. The SMILES string of the molecule is CCc1nn(-c2noc(C3CN(CC)C3)n2)c2cc(F)ccc12. The van der Waals surface area contributed by atoms with Gasteiger partial charge in [-0.05, 0) is 30.3 Å². The summed E-state index contributed by atoms with van der Waals surface area (Å²) >= 11 is 0. The van der Waals surface area contributed by atoms with Gasteiger partial charge in [0.1, 0.15) is 5.82 Å². The summed E-state index contributed by atoms with van der Waals surface area (Å²) in [6, 6.07) is 4.65. The third-order valence-electron chi connectivity index (χ3n) is 4.43. The maximum atomic E-state index is 13.6. The minimum absolute atomic E-state index is 0.278. The number of hydrogen-bond acceptors (Lipinski definition) is 5. The van der Waals surface area contributed by atoms with E-state index in [2.05, 4.69) is 27.1 Å². The Bertz CT molecular complexity index is 849. The first-order chi connectivity index (χ1) is 11.2. The zero-order valence-corrected chi connectivity index (χ0v) is 13.2. The lowest BCUT2D eigenvalue weighted by Gasteiger charge is -2.35. The normalized spacial score (nSPS) is 16.1. The second kappa shape index (κ2) is 5.42. The standard InChI is InChI=1S/C16H18FN5O/c1-3-13-12-6-5-11(17)7-14(12)22(19-13)16-18-15(23-20-16)10-8-21(4-2)9-10/h5-7,10H,3-4,8-9H2,1-2H3. The highest BCUT2D eigenvalue weighted by molar-refractivity contribution is 5.83. The molecular weight excluding hydrogens is 297 g/mol. The van der Waals surface area contributed by atoms with E-state index in [9.17, 15) is 4.39 Å². The fourth-order valence-corrected chi connectivity index (χ4v) is 3.03. The van der Waals surface area contributed by atoms with E-state index in [1.54, 1.807) is 10.7 Å². The Hall–Kier alpha value is -2.28. The van der Waals surface area contributed by atoms with Crippen LogP contribution in [0.5, 0.6) is 0 Å². The van der Waals surface area contributed by atoms with Crippen molar-refractivity contribution in [2.75, 3.05) is 19.6 Å². The van der Waals surface area contributed by atoms with Crippen molar-refractivity contribution in [1.82, 2.24) is 24.8 Å². The van der Waals surface area contributed by atoms with Gasteiger partial charge in [-0.25, -0.2) is 4.39 Å². The van der Waals surface area contributed by atoms with Crippen LogP contribution in [-0.2, 0) is 6.42 Å². The Morgan fingerprint density at radius 3 is 2.87 bits per heavy atom. The third kappa shape index (κ3) is 2.31. The lowest BCUT2D eigenvalue weighted by Crippen LogP contribution is -2.44. The van der Waals surface area contributed by atoms with Crippen LogP contribution in [0, 0.1) is 5.82 Å². The number of hydrogen-bond donors (Lipinski definition) is 0. The smallest absolute Gasteiger partial charge is 0.291 e. The number of likely N-dealkylation sites (N-methyl/N-ethyl adjacent to an activating group) is 1. The van der Waals surface area contributed by atoms with Crippen LogP contribution >= 0.6 is 0 Å². The van der Waals surface area contributed by atoms with Crippen LogP contribution in [0.2, 0.25) is 0 Å². The second-order valence-electron chi connectivity index (χ2n) is 5.86. The maximum Gasteiger partial charge on any atom is 0.291 e. The van der Waals surface area contributed by atoms with Gasteiger partial charge in [-0.3, -0.25) is 0 Å². The van der Waals surface area contributed by atoms with E-state index in [0.29, 0.717) is 17.4 Å². The molecule has 0 aliphatic carbocycles. The molecule has 1 saturated heterocycles. The monoisotopic (exact) mass is 315 g/mol. The highest BCUT2D eigenvalue weighted by atomic mass is 19.1. The molecule has 3 aromatic rings. The minimum atomic E-state index is -0.303. The zero-order chi connectivity index (χ0) is 16.0. The average Bonchev–Trinajstić information content (AvgIpc) is 3.10. The highest BCUT2D eigenvalue weighted by Gasteiger charge is 2.31. The van der Waals surface area contributed by atoms with Crippen LogP contribution in [0.1, 0.15) is 31.4 Å². The fraction of sp³-hybridized carbons (Fsp3) is 0.438. The molecule has 0 atom stereocenters. The van der Waals surface area contributed by atoms with Gasteiger partial charge in [0.15, 0.2) is 0 Å². The Labute approximate surface area is 132 Å². The van der Waals surface area contributed by atoms with E-state index in [1.807, 2.05) is 6.92 Å². The molecular formula is C16H18FN5O. The van der Waals surface area contributed by atoms with Crippen LogP contribution in [0.25, 0.3) is 16.9 Å². The topological polar surface area (TPSA) is 60.0 Å². The number of fused-ring (bicyclic) bond motifs is 1. The summed E-state index contributed by atoms with van der Waals surface area (Å²) in [7, 11) is 0. The summed E-state index contributed by atoms with van der Waals surface area (Å²) < 4.78 is 20.6. The van der Waals surface area contributed by atoms with Crippen molar-refractivity contribution in [3.63, 3.8) is 0 Å². The predicted octanol–water partition coefficient (Wildman–Crippen LogP) is 2.53. The van der Waals surface area contributed by atoms with Crippen molar-refractivity contribution < 1.29 is 8.91 Å². The van der Waals surface area contributed by atoms with E-state index in [-0.39, 0.29) is 11.7 Å². The van der Waals surface area contributed by atoms with Gasteiger partial charge < -0.3 is 9.42 Å². The Morgan fingerprint density at radius 1 is 1.30 bits per heavy atom. The van der Waals surface area contributed by atoms with E-state index in [4.69, 9.17) is 4.52 Å². The van der Waals surface area contributed by atoms with Gasteiger partial charge in [0.05, 0.1) is 17.1 Å². The van der Waals surface area contributed by atoms with Gasteiger partial charge in [0.25, 0.3) is 5.95 Å². The predicted molar refractivity (Wildman–Crippen MR) is 83.1 cm³/mol. The number of aromatic nitrogens is 4. The summed E-state index contributed by atoms with van der Waals surface area (Å²) in [6.07, 6.45) is 0.758. The van der Waals surface area contributed by atoms with Crippen molar-refractivity contribution in [2.45, 2.75) is 26.2 Å². The first-order valence-corrected chi connectivity index (χ1v) is 7.93. The molecule has 7 heteroatoms. The number of likely N-dealkylation sites (tertiary alicyclic amines) is 1. The fourth-order valence-electron chi connectivity index (χ4n) is 3.03. The lowest BCUT2D eigenvalue weighted by molar-refractivity contribution is 0.132. The van der Waals surface area contributed by atoms with Crippen LogP contribution in [0.4, 0.5) is 4.39 Å². The first kappa shape index (κ1) is 14.3. The molecule has 1 aliphatic heterocycles.